The molecular formula is C14H23N3O2. The van der Waals surface area contributed by atoms with Gasteiger partial charge in [-0.05, 0) is 39.8 Å². The summed E-state index contributed by atoms with van der Waals surface area (Å²) in [5, 5.41) is 0. The number of rotatable bonds is 0. The zero-order chi connectivity index (χ0) is 13.5. The monoisotopic (exact) mass is 265 g/mol. The lowest BCUT2D eigenvalue weighted by atomic mass is 10.2. The fourth-order valence-electron chi connectivity index (χ4n) is 2.05. The zero-order valence-corrected chi connectivity index (χ0v) is 11.8. The van der Waals surface area contributed by atoms with E-state index in [1.165, 1.54) is 0 Å². The molecule has 0 amide bonds. The molecule has 0 fully saturated rings. The first-order valence-electron chi connectivity index (χ1n) is 6.97. The minimum atomic E-state index is 0.445. The summed E-state index contributed by atoms with van der Waals surface area (Å²) in [5.74, 6) is 0.600. The summed E-state index contributed by atoms with van der Waals surface area (Å²) in [4.78, 5) is 10.9. The van der Waals surface area contributed by atoms with E-state index in [9.17, 15) is 0 Å². The first kappa shape index (κ1) is 14.2. The number of fused-ring (bicyclic) bond motifs is 2. The molecule has 1 unspecified atom stereocenters. The molecular weight excluding hydrogens is 242 g/mol. The maximum Gasteiger partial charge on any atom is 0.232 e. The van der Waals surface area contributed by atoms with E-state index in [2.05, 4.69) is 28.8 Å². The number of likely N-dealkylation sites (N-methyl/N-ethyl adjacent to an activating group) is 1. The molecule has 19 heavy (non-hydrogen) atoms. The second-order valence-electron chi connectivity index (χ2n) is 5.06. The number of aromatic nitrogens is 2. The predicted molar refractivity (Wildman–Crippen MR) is 73.4 cm³/mol. The minimum Gasteiger partial charge on any atom is -0.474 e. The van der Waals surface area contributed by atoms with Crippen LogP contribution in [-0.4, -0.2) is 54.3 Å². The normalized spacial score (nSPS) is 23.4. The van der Waals surface area contributed by atoms with Gasteiger partial charge in [0.2, 0.25) is 5.88 Å². The van der Waals surface area contributed by atoms with Crippen molar-refractivity contribution in [3.05, 3.63) is 18.1 Å². The Kier molecular flexibility index (Phi) is 5.54. The van der Waals surface area contributed by atoms with E-state index in [1.54, 1.807) is 6.20 Å². The Hall–Kier alpha value is -1.20. The van der Waals surface area contributed by atoms with Crippen LogP contribution in [0, 0.1) is 0 Å². The molecule has 106 valence electrons. The van der Waals surface area contributed by atoms with E-state index in [0.717, 1.165) is 38.1 Å². The van der Waals surface area contributed by atoms with Gasteiger partial charge in [0.05, 0.1) is 25.1 Å². The van der Waals surface area contributed by atoms with Gasteiger partial charge in [0, 0.05) is 12.2 Å². The highest BCUT2D eigenvalue weighted by molar-refractivity contribution is 5.08. The van der Waals surface area contributed by atoms with Crippen LogP contribution in [-0.2, 0) is 11.2 Å². The lowest BCUT2D eigenvalue weighted by molar-refractivity contribution is 0.0565. The fourth-order valence-corrected chi connectivity index (χ4v) is 2.05. The van der Waals surface area contributed by atoms with Crippen LogP contribution in [0.2, 0.25) is 0 Å². The molecule has 5 heteroatoms. The Labute approximate surface area is 115 Å². The topological polar surface area (TPSA) is 47.5 Å². The van der Waals surface area contributed by atoms with Crippen molar-refractivity contribution in [2.24, 2.45) is 0 Å². The van der Waals surface area contributed by atoms with Gasteiger partial charge in [-0.15, -0.1) is 0 Å². The van der Waals surface area contributed by atoms with Gasteiger partial charge in [-0.3, -0.25) is 4.98 Å². The maximum absolute atomic E-state index is 5.62. The molecule has 1 atom stereocenters. The van der Waals surface area contributed by atoms with Crippen molar-refractivity contribution < 1.29 is 9.47 Å². The van der Waals surface area contributed by atoms with Crippen LogP contribution in [0.15, 0.2) is 12.4 Å². The van der Waals surface area contributed by atoms with E-state index in [0.29, 0.717) is 25.1 Å². The minimum absolute atomic E-state index is 0.445. The highest BCUT2D eigenvalue weighted by Gasteiger charge is 2.10. The molecule has 1 aliphatic heterocycles. The van der Waals surface area contributed by atoms with Crippen LogP contribution in [0.5, 0.6) is 5.88 Å². The Morgan fingerprint density at radius 1 is 1.26 bits per heavy atom. The summed E-state index contributed by atoms with van der Waals surface area (Å²) in [6.45, 7) is 5.14. The van der Waals surface area contributed by atoms with Gasteiger partial charge in [-0.2, -0.15) is 0 Å². The molecule has 0 spiro atoms. The molecule has 1 aromatic rings. The maximum atomic E-state index is 5.62. The van der Waals surface area contributed by atoms with E-state index in [1.807, 2.05) is 6.20 Å². The van der Waals surface area contributed by atoms with Gasteiger partial charge in [0.15, 0.2) is 0 Å². The molecule has 0 saturated heterocycles. The fraction of sp³-hybridized carbons (Fsp3) is 0.714. The Balaban J connectivity index is 1.95. The van der Waals surface area contributed by atoms with Crippen molar-refractivity contribution in [1.82, 2.24) is 14.9 Å². The van der Waals surface area contributed by atoms with Crippen molar-refractivity contribution >= 4 is 0 Å². The van der Waals surface area contributed by atoms with Crippen LogP contribution in [0.4, 0.5) is 0 Å². The molecule has 5 nitrogen and oxygen atoms in total. The number of aryl methyl sites for hydroxylation is 1. The average Bonchev–Trinajstić information content (AvgIpc) is 2.42. The van der Waals surface area contributed by atoms with E-state index >= 15 is 0 Å². The SMILES string of the molecule is CC1COCCOc2cncc(n2)CCCCN1C. The number of hydrogen-bond donors (Lipinski definition) is 0. The largest absolute Gasteiger partial charge is 0.474 e. The summed E-state index contributed by atoms with van der Waals surface area (Å²) in [6.07, 6.45) is 6.72. The highest BCUT2D eigenvalue weighted by Crippen LogP contribution is 2.09. The van der Waals surface area contributed by atoms with Gasteiger partial charge < -0.3 is 14.4 Å². The van der Waals surface area contributed by atoms with Gasteiger partial charge >= 0.3 is 0 Å². The number of nitrogens with zero attached hydrogens (tertiary/aromatic N) is 3. The Morgan fingerprint density at radius 3 is 3.05 bits per heavy atom. The quantitative estimate of drug-likeness (QED) is 0.712. The lowest BCUT2D eigenvalue weighted by Gasteiger charge is -2.24. The van der Waals surface area contributed by atoms with Gasteiger partial charge in [-0.25, -0.2) is 4.98 Å². The third kappa shape index (κ3) is 4.76. The second-order valence-corrected chi connectivity index (χ2v) is 5.06. The van der Waals surface area contributed by atoms with Crippen LogP contribution >= 0.6 is 0 Å². The first-order valence-corrected chi connectivity index (χ1v) is 6.97. The van der Waals surface area contributed by atoms with Gasteiger partial charge in [0.1, 0.15) is 6.61 Å². The molecule has 2 rings (SSSR count). The third-order valence-electron chi connectivity index (χ3n) is 3.45. The summed E-state index contributed by atoms with van der Waals surface area (Å²) >= 11 is 0. The summed E-state index contributed by atoms with van der Waals surface area (Å²) in [7, 11) is 2.15. The van der Waals surface area contributed by atoms with Crippen LogP contribution < -0.4 is 4.74 Å². The molecule has 0 radical (unpaired) electrons. The third-order valence-corrected chi connectivity index (χ3v) is 3.45. The standard InChI is InChI=1S/C14H23N3O2/c1-12-11-18-7-8-19-14-10-15-9-13(16-14)5-3-4-6-17(12)2/h9-10,12H,3-8,11H2,1-2H3. The van der Waals surface area contributed by atoms with Crippen LogP contribution in [0.1, 0.15) is 25.5 Å². The first-order chi connectivity index (χ1) is 9.25. The van der Waals surface area contributed by atoms with E-state index < -0.39 is 0 Å². The highest BCUT2D eigenvalue weighted by atomic mass is 16.5. The van der Waals surface area contributed by atoms with E-state index in [4.69, 9.17) is 9.47 Å². The second kappa shape index (κ2) is 7.40. The lowest BCUT2D eigenvalue weighted by Crippen LogP contribution is -2.34. The molecule has 2 bridgehead atoms. The summed E-state index contributed by atoms with van der Waals surface area (Å²) in [5.41, 5.74) is 1.01. The Bertz CT molecular complexity index is 387. The zero-order valence-electron chi connectivity index (χ0n) is 11.8. The predicted octanol–water partition coefficient (Wildman–Crippen LogP) is 1.53. The average molecular weight is 265 g/mol. The Morgan fingerprint density at radius 2 is 2.16 bits per heavy atom. The van der Waals surface area contributed by atoms with Crippen molar-refractivity contribution in [3.8, 4) is 5.88 Å². The van der Waals surface area contributed by atoms with Crippen LogP contribution in [0.3, 0.4) is 0 Å². The smallest absolute Gasteiger partial charge is 0.232 e. The summed E-state index contributed by atoms with van der Waals surface area (Å²) in [6, 6.07) is 0.445. The molecule has 0 N–H and O–H groups in total. The molecule has 1 aliphatic rings. The molecule has 1 aromatic heterocycles. The van der Waals surface area contributed by atoms with Crippen LogP contribution in [0.25, 0.3) is 0 Å². The molecule has 2 heterocycles. The molecule has 0 saturated carbocycles. The molecule has 0 aliphatic carbocycles. The number of hydrogen-bond acceptors (Lipinski definition) is 5. The summed E-state index contributed by atoms with van der Waals surface area (Å²) < 4.78 is 11.2. The van der Waals surface area contributed by atoms with Crippen molar-refractivity contribution in [1.29, 1.82) is 0 Å². The molecule has 0 aromatic carbocycles. The van der Waals surface area contributed by atoms with Gasteiger partial charge in [0.25, 0.3) is 0 Å². The number of ether oxygens (including phenoxy) is 2. The van der Waals surface area contributed by atoms with Crippen molar-refractivity contribution in [2.75, 3.05) is 33.4 Å². The van der Waals surface area contributed by atoms with Gasteiger partial charge in [-0.1, -0.05) is 0 Å². The van der Waals surface area contributed by atoms with Crippen molar-refractivity contribution in [3.63, 3.8) is 0 Å². The van der Waals surface area contributed by atoms with E-state index in [-0.39, 0.29) is 0 Å². The van der Waals surface area contributed by atoms with Crippen molar-refractivity contribution in [2.45, 2.75) is 32.2 Å².